The molecule has 0 atom stereocenters. The quantitative estimate of drug-likeness (QED) is 0.559. The Labute approximate surface area is 172 Å². The Bertz CT molecular complexity index is 774. The van der Waals surface area contributed by atoms with Gasteiger partial charge in [-0.1, -0.05) is 54.8 Å². The van der Waals surface area contributed by atoms with Gasteiger partial charge in [-0.25, -0.2) is 0 Å². The summed E-state index contributed by atoms with van der Waals surface area (Å²) in [7, 11) is 0. The van der Waals surface area contributed by atoms with Crippen LogP contribution in [0.4, 0.5) is 5.69 Å². The predicted octanol–water partition coefficient (Wildman–Crippen LogP) is 5.97. The van der Waals surface area contributed by atoms with Gasteiger partial charge in [-0.05, 0) is 68.6 Å². The molecule has 1 aliphatic rings. The molecule has 3 nitrogen and oxygen atoms in total. The fraction of sp³-hybridized carbons (Fsp3) is 0.409. The Morgan fingerprint density at radius 2 is 1.81 bits per heavy atom. The second-order valence-electron chi connectivity index (χ2n) is 7.09. The number of rotatable bonds is 7. The lowest BCUT2D eigenvalue weighted by molar-refractivity contribution is 0.341. The Morgan fingerprint density at radius 1 is 1.11 bits per heavy atom. The molecule has 0 bridgehead atoms. The normalized spacial score (nSPS) is 15.3. The lowest BCUT2D eigenvalue weighted by Crippen LogP contribution is -2.48. The fourth-order valence-corrected chi connectivity index (χ4v) is 4.37. The first-order chi connectivity index (χ1) is 13.1. The summed E-state index contributed by atoms with van der Waals surface area (Å²) in [5.74, 6) is 0.820. The van der Waals surface area contributed by atoms with E-state index in [1.165, 1.54) is 18.4 Å². The highest BCUT2D eigenvalue weighted by molar-refractivity contribution is 7.80. The maximum Gasteiger partial charge on any atom is 0.171 e. The summed E-state index contributed by atoms with van der Waals surface area (Å²) in [4.78, 5) is 0. The summed E-state index contributed by atoms with van der Waals surface area (Å²) in [6, 6.07) is 16.0. The van der Waals surface area contributed by atoms with E-state index in [1.807, 2.05) is 49.4 Å². The number of halogens is 1. The minimum absolute atomic E-state index is 0.0316. The minimum Gasteiger partial charge on any atom is -0.492 e. The van der Waals surface area contributed by atoms with Crippen LogP contribution in [0.1, 0.15) is 44.6 Å². The number of ether oxygens (including phenoxy) is 1. The van der Waals surface area contributed by atoms with Gasteiger partial charge >= 0.3 is 0 Å². The van der Waals surface area contributed by atoms with E-state index < -0.39 is 0 Å². The molecule has 2 N–H and O–H groups in total. The number of para-hydroxylation sites is 2. The van der Waals surface area contributed by atoms with E-state index in [2.05, 4.69) is 16.7 Å². The number of anilines is 1. The molecule has 1 aliphatic carbocycles. The second kappa shape index (κ2) is 9.43. The molecule has 0 heterocycles. The summed E-state index contributed by atoms with van der Waals surface area (Å²) in [6.45, 7) is 2.61. The zero-order valence-corrected chi connectivity index (χ0v) is 17.3. The van der Waals surface area contributed by atoms with E-state index in [0.717, 1.165) is 42.1 Å². The molecular formula is C22H27ClN2OS. The van der Waals surface area contributed by atoms with Crippen LogP contribution < -0.4 is 15.4 Å². The van der Waals surface area contributed by atoms with Crippen molar-refractivity contribution in [3.8, 4) is 5.75 Å². The highest BCUT2D eigenvalue weighted by Crippen LogP contribution is 2.35. The molecule has 2 aromatic rings. The maximum absolute atomic E-state index is 6.34. The standard InChI is InChI=1S/C22H27ClN2OS/c1-2-26-20-12-6-5-11-19(20)24-21(27)25-22(14-7-8-15-22)16-13-17-9-3-4-10-18(17)23/h3-6,9-12H,2,7-8,13-16H2,1H3,(H2,24,25,27). The molecule has 0 aromatic heterocycles. The lowest BCUT2D eigenvalue weighted by Gasteiger charge is -2.32. The van der Waals surface area contributed by atoms with Gasteiger partial charge < -0.3 is 15.4 Å². The molecule has 5 heteroatoms. The maximum atomic E-state index is 6.34. The van der Waals surface area contributed by atoms with Gasteiger partial charge in [-0.15, -0.1) is 0 Å². The number of aryl methyl sites for hydroxylation is 1. The van der Waals surface area contributed by atoms with E-state index in [4.69, 9.17) is 28.6 Å². The van der Waals surface area contributed by atoms with Crippen molar-refractivity contribution in [2.75, 3.05) is 11.9 Å². The van der Waals surface area contributed by atoms with E-state index in [-0.39, 0.29) is 5.54 Å². The second-order valence-corrected chi connectivity index (χ2v) is 7.90. The molecule has 0 spiro atoms. The minimum atomic E-state index is 0.0316. The van der Waals surface area contributed by atoms with Gasteiger partial charge in [-0.3, -0.25) is 0 Å². The largest absolute Gasteiger partial charge is 0.492 e. The van der Waals surface area contributed by atoms with Gasteiger partial charge in [0, 0.05) is 10.6 Å². The van der Waals surface area contributed by atoms with Gasteiger partial charge in [0.05, 0.1) is 12.3 Å². The molecule has 1 saturated carbocycles. The molecule has 144 valence electrons. The highest BCUT2D eigenvalue weighted by Gasteiger charge is 2.34. The van der Waals surface area contributed by atoms with Crippen LogP contribution in [0.5, 0.6) is 5.75 Å². The topological polar surface area (TPSA) is 33.3 Å². The first-order valence-corrected chi connectivity index (χ1v) is 10.4. The van der Waals surface area contributed by atoms with E-state index in [0.29, 0.717) is 11.7 Å². The van der Waals surface area contributed by atoms with E-state index in [9.17, 15) is 0 Å². The van der Waals surface area contributed by atoms with Crippen LogP contribution in [-0.4, -0.2) is 17.3 Å². The number of benzene rings is 2. The van der Waals surface area contributed by atoms with Gasteiger partial charge in [0.25, 0.3) is 0 Å². The van der Waals surface area contributed by atoms with Crippen molar-refractivity contribution < 1.29 is 4.74 Å². The van der Waals surface area contributed by atoms with Crippen molar-refractivity contribution in [2.45, 2.75) is 51.0 Å². The monoisotopic (exact) mass is 402 g/mol. The zero-order chi connectivity index (χ0) is 19.1. The third-order valence-corrected chi connectivity index (χ3v) is 5.78. The van der Waals surface area contributed by atoms with Gasteiger partial charge in [0.15, 0.2) is 5.11 Å². The summed E-state index contributed by atoms with van der Waals surface area (Å²) in [6.07, 6.45) is 6.69. The number of hydrogen-bond donors (Lipinski definition) is 2. The van der Waals surface area contributed by atoms with Crippen LogP contribution in [0.15, 0.2) is 48.5 Å². The Balaban J connectivity index is 1.65. The summed E-state index contributed by atoms with van der Waals surface area (Å²) >= 11 is 12.0. The van der Waals surface area contributed by atoms with Crippen LogP contribution in [0, 0.1) is 0 Å². The smallest absolute Gasteiger partial charge is 0.171 e. The van der Waals surface area contributed by atoms with E-state index in [1.54, 1.807) is 0 Å². The summed E-state index contributed by atoms with van der Waals surface area (Å²) in [5, 5.41) is 8.45. The van der Waals surface area contributed by atoms with Gasteiger partial charge in [-0.2, -0.15) is 0 Å². The molecule has 2 aromatic carbocycles. The van der Waals surface area contributed by atoms with Gasteiger partial charge in [0.1, 0.15) is 5.75 Å². The summed E-state index contributed by atoms with van der Waals surface area (Å²) < 4.78 is 5.69. The molecule has 0 saturated heterocycles. The molecule has 0 aliphatic heterocycles. The fourth-order valence-electron chi connectivity index (χ4n) is 3.81. The molecule has 27 heavy (non-hydrogen) atoms. The number of nitrogens with one attached hydrogen (secondary N) is 2. The molecule has 0 unspecified atom stereocenters. The van der Waals surface area contributed by atoms with Crippen molar-refractivity contribution in [3.63, 3.8) is 0 Å². The van der Waals surface area contributed by atoms with Crippen molar-refractivity contribution in [1.82, 2.24) is 5.32 Å². The lowest BCUT2D eigenvalue weighted by atomic mass is 9.89. The van der Waals surface area contributed by atoms with Crippen molar-refractivity contribution in [1.29, 1.82) is 0 Å². The predicted molar refractivity (Wildman–Crippen MR) is 118 cm³/mol. The van der Waals surface area contributed by atoms with Crippen molar-refractivity contribution >= 4 is 34.6 Å². The van der Waals surface area contributed by atoms with Crippen LogP contribution in [0.25, 0.3) is 0 Å². The third kappa shape index (κ3) is 5.36. The summed E-state index contributed by atoms with van der Waals surface area (Å²) in [5.41, 5.74) is 2.13. The Kier molecular flexibility index (Phi) is 6.97. The van der Waals surface area contributed by atoms with Crippen molar-refractivity contribution in [2.24, 2.45) is 0 Å². The van der Waals surface area contributed by atoms with Crippen LogP contribution in [0.2, 0.25) is 5.02 Å². The third-order valence-electron chi connectivity index (χ3n) is 5.21. The molecular weight excluding hydrogens is 376 g/mol. The molecule has 1 fully saturated rings. The molecule has 0 amide bonds. The molecule has 0 radical (unpaired) electrons. The highest BCUT2D eigenvalue weighted by atomic mass is 35.5. The van der Waals surface area contributed by atoms with Crippen LogP contribution in [-0.2, 0) is 6.42 Å². The van der Waals surface area contributed by atoms with Crippen LogP contribution >= 0.6 is 23.8 Å². The van der Waals surface area contributed by atoms with E-state index >= 15 is 0 Å². The van der Waals surface area contributed by atoms with Gasteiger partial charge in [0.2, 0.25) is 0 Å². The average Bonchev–Trinajstić information content (AvgIpc) is 3.11. The molecule has 3 rings (SSSR count). The Hall–Kier alpha value is -1.78. The zero-order valence-electron chi connectivity index (χ0n) is 15.8. The van der Waals surface area contributed by atoms with Crippen LogP contribution in [0.3, 0.4) is 0 Å². The first kappa shape index (κ1) is 20.0. The average molecular weight is 403 g/mol. The SMILES string of the molecule is CCOc1ccccc1NC(=S)NC1(CCc2ccccc2Cl)CCCC1. The number of thiocarbonyl (C=S) groups is 1. The van der Waals surface area contributed by atoms with Crippen molar-refractivity contribution in [3.05, 3.63) is 59.1 Å². The number of hydrogen-bond acceptors (Lipinski definition) is 2. The first-order valence-electron chi connectivity index (χ1n) is 9.66. The Morgan fingerprint density at radius 3 is 2.56 bits per heavy atom.